The average Bonchev–Trinajstić information content (AvgIpc) is 2.80. The zero-order chi connectivity index (χ0) is 23.1. The number of halogens is 1. The zero-order valence-electron chi connectivity index (χ0n) is 17.3. The van der Waals surface area contributed by atoms with Crippen molar-refractivity contribution in [3.8, 4) is 11.1 Å². The Morgan fingerprint density at radius 1 is 0.719 bits per heavy atom. The molecule has 0 aromatic heterocycles. The fraction of sp³-hybridized carbons (Fsp3) is 0.0870. The Hall–Kier alpha value is -4.40. The number of hydrogen-bond acceptors (Lipinski definition) is 5. The van der Waals surface area contributed by atoms with E-state index in [1.165, 1.54) is 38.5 Å². The Balaban J connectivity index is 1.93. The van der Waals surface area contributed by atoms with Crippen LogP contribution in [0.4, 0.5) is 31.0 Å². The van der Waals surface area contributed by atoms with Gasteiger partial charge in [0.15, 0.2) is 0 Å². The Bertz CT molecular complexity index is 1130. The van der Waals surface area contributed by atoms with Crippen LogP contribution in [0.15, 0.2) is 66.7 Å². The van der Waals surface area contributed by atoms with E-state index in [1.807, 2.05) is 0 Å². The normalized spacial score (nSPS) is 10.1. The molecule has 3 amide bonds. The van der Waals surface area contributed by atoms with E-state index in [0.29, 0.717) is 22.6 Å². The number of carbonyl (C=O) groups is 3. The molecule has 0 saturated carbocycles. The maximum atomic E-state index is 13.2. The summed E-state index contributed by atoms with van der Waals surface area (Å²) >= 11 is 0. The molecule has 3 aromatic carbocycles. The summed E-state index contributed by atoms with van der Waals surface area (Å²) in [6, 6.07) is 16.9. The molecule has 0 aliphatic rings. The van der Waals surface area contributed by atoms with Crippen molar-refractivity contribution in [2.24, 2.45) is 0 Å². The van der Waals surface area contributed by atoms with Gasteiger partial charge in [-0.2, -0.15) is 0 Å². The lowest BCUT2D eigenvalue weighted by Crippen LogP contribution is -2.14. The standard InChI is InChI=1S/C23H20FN3O5/c1-31-22(29)25-17-9-5-14(6-10-17)19-12-11-18(26-23(30)32-2)13-20(19)27-21(28)15-3-7-16(24)8-4-15/h3-13H,1-2H3,(H,25,29)(H,26,30)(H,27,28). The van der Waals surface area contributed by atoms with Crippen LogP contribution in [0.25, 0.3) is 11.1 Å². The van der Waals surface area contributed by atoms with E-state index in [9.17, 15) is 18.8 Å². The van der Waals surface area contributed by atoms with Crippen molar-refractivity contribution in [3.63, 3.8) is 0 Å². The maximum Gasteiger partial charge on any atom is 0.411 e. The lowest BCUT2D eigenvalue weighted by atomic mass is 10.0. The number of amides is 3. The van der Waals surface area contributed by atoms with Gasteiger partial charge in [-0.3, -0.25) is 15.4 Å². The smallest absolute Gasteiger partial charge is 0.411 e. The van der Waals surface area contributed by atoms with E-state index in [0.717, 1.165) is 5.56 Å². The van der Waals surface area contributed by atoms with E-state index in [4.69, 9.17) is 0 Å². The first kappa shape index (κ1) is 22.3. The van der Waals surface area contributed by atoms with Gasteiger partial charge >= 0.3 is 12.2 Å². The molecular formula is C23H20FN3O5. The van der Waals surface area contributed by atoms with Crippen molar-refractivity contribution < 1.29 is 28.2 Å². The first-order chi connectivity index (χ1) is 15.4. The number of hydrogen-bond donors (Lipinski definition) is 3. The monoisotopic (exact) mass is 437 g/mol. The van der Waals surface area contributed by atoms with Gasteiger partial charge in [0.1, 0.15) is 5.82 Å². The molecule has 164 valence electrons. The molecule has 0 saturated heterocycles. The minimum Gasteiger partial charge on any atom is -0.453 e. The molecule has 0 spiro atoms. The fourth-order valence-electron chi connectivity index (χ4n) is 2.84. The summed E-state index contributed by atoms with van der Waals surface area (Å²) < 4.78 is 22.4. The second kappa shape index (κ2) is 10.1. The van der Waals surface area contributed by atoms with E-state index in [2.05, 4.69) is 25.4 Å². The summed E-state index contributed by atoms with van der Waals surface area (Å²) in [6.45, 7) is 0. The second-order valence-corrected chi connectivity index (χ2v) is 6.53. The van der Waals surface area contributed by atoms with Crippen molar-refractivity contribution in [1.82, 2.24) is 0 Å². The average molecular weight is 437 g/mol. The highest BCUT2D eigenvalue weighted by Gasteiger charge is 2.13. The van der Waals surface area contributed by atoms with Crippen LogP contribution in [0.5, 0.6) is 0 Å². The molecule has 0 atom stereocenters. The Morgan fingerprint density at radius 2 is 1.28 bits per heavy atom. The maximum absolute atomic E-state index is 13.2. The number of nitrogens with one attached hydrogen (secondary N) is 3. The highest BCUT2D eigenvalue weighted by molar-refractivity contribution is 6.07. The van der Waals surface area contributed by atoms with Gasteiger partial charge in [0.25, 0.3) is 5.91 Å². The van der Waals surface area contributed by atoms with Crippen LogP contribution in [0.1, 0.15) is 10.4 Å². The molecule has 0 unspecified atom stereocenters. The van der Waals surface area contributed by atoms with Crippen molar-refractivity contribution >= 4 is 35.2 Å². The van der Waals surface area contributed by atoms with E-state index < -0.39 is 23.9 Å². The zero-order valence-corrected chi connectivity index (χ0v) is 17.3. The van der Waals surface area contributed by atoms with Gasteiger partial charge in [-0.25, -0.2) is 14.0 Å². The highest BCUT2D eigenvalue weighted by Crippen LogP contribution is 2.32. The first-order valence-corrected chi connectivity index (χ1v) is 9.41. The van der Waals surface area contributed by atoms with Gasteiger partial charge < -0.3 is 14.8 Å². The lowest BCUT2D eigenvalue weighted by Gasteiger charge is -2.14. The summed E-state index contributed by atoms with van der Waals surface area (Å²) in [4.78, 5) is 35.6. The number of benzene rings is 3. The van der Waals surface area contributed by atoms with Crippen molar-refractivity contribution in [3.05, 3.63) is 78.1 Å². The van der Waals surface area contributed by atoms with Crippen molar-refractivity contribution in [1.29, 1.82) is 0 Å². The fourth-order valence-corrected chi connectivity index (χ4v) is 2.84. The second-order valence-electron chi connectivity index (χ2n) is 6.53. The Morgan fingerprint density at radius 3 is 1.88 bits per heavy atom. The minimum absolute atomic E-state index is 0.265. The first-order valence-electron chi connectivity index (χ1n) is 9.41. The van der Waals surface area contributed by atoms with Crippen LogP contribution < -0.4 is 16.0 Å². The summed E-state index contributed by atoms with van der Waals surface area (Å²) in [5.41, 5.74) is 2.99. The molecule has 3 N–H and O–H groups in total. The predicted molar refractivity (Wildman–Crippen MR) is 118 cm³/mol. The van der Waals surface area contributed by atoms with Gasteiger partial charge in [-0.15, -0.1) is 0 Å². The van der Waals surface area contributed by atoms with E-state index in [-0.39, 0.29) is 5.56 Å². The van der Waals surface area contributed by atoms with Gasteiger partial charge in [0.2, 0.25) is 0 Å². The Kier molecular flexibility index (Phi) is 7.02. The molecule has 0 fully saturated rings. The summed E-state index contributed by atoms with van der Waals surface area (Å²) in [7, 11) is 2.51. The number of rotatable bonds is 5. The van der Waals surface area contributed by atoms with Crippen LogP contribution in [-0.2, 0) is 9.47 Å². The number of methoxy groups -OCH3 is 2. The SMILES string of the molecule is COC(=O)Nc1ccc(-c2ccc(NC(=O)OC)cc2NC(=O)c2ccc(F)cc2)cc1. The topological polar surface area (TPSA) is 106 Å². The molecule has 0 aliphatic carbocycles. The third kappa shape index (κ3) is 5.60. The molecule has 32 heavy (non-hydrogen) atoms. The van der Waals surface area contributed by atoms with E-state index >= 15 is 0 Å². The van der Waals surface area contributed by atoms with Crippen LogP contribution in [-0.4, -0.2) is 32.3 Å². The minimum atomic E-state index is -0.660. The third-order valence-corrected chi connectivity index (χ3v) is 4.43. The van der Waals surface area contributed by atoms with Gasteiger partial charge in [-0.1, -0.05) is 18.2 Å². The van der Waals surface area contributed by atoms with Crippen LogP contribution in [0.2, 0.25) is 0 Å². The third-order valence-electron chi connectivity index (χ3n) is 4.43. The molecule has 3 aromatic rings. The number of ether oxygens (including phenoxy) is 2. The predicted octanol–water partition coefficient (Wildman–Crippen LogP) is 5.10. The van der Waals surface area contributed by atoms with Crippen LogP contribution in [0.3, 0.4) is 0 Å². The highest BCUT2D eigenvalue weighted by atomic mass is 19.1. The molecule has 8 nitrogen and oxygen atoms in total. The number of carbonyl (C=O) groups excluding carboxylic acids is 3. The van der Waals surface area contributed by atoms with Gasteiger partial charge in [0, 0.05) is 22.5 Å². The van der Waals surface area contributed by atoms with Crippen LogP contribution >= 0.6 is 0 Å². The molecule has 0 heterocycles. The summed E-state index contributed by atoms with van der Waals surface area (Å²) in [5, 5.41) is 7.89. The van der Waals surface area contributed by atoms with Gasteiger partial charge in [-0.05, 0) is 54.1 Å². The largest absolute Gasteiger partial charge is 0.453 e. The van der Waals surface area contributed by atoms with E-state index in [1.54, 1.807) is 42.5 Å². The van der Waals surface area contributed by atoms with Crippen molar-refractivity contribution in [2.45, 2.75) is 0 Å². The molecular weight excluding hydrogens is 417 g/mol. The molecule has 0 aliphatic heterocycles. The molecule has 0 bridgehead atoms. The number of anilines is 3. The Labute approximate surface area is 183 Å². The molecule has 9 heteroatoms. The molecule has 0 radical (unpaired) electrons. The van der Waals surface area contributed by atoms with Crippen LogP contribution in [0, 0.1) is 5.82 Å². The summed E-state index contributed by atoms with van der Waals surface area (Å²) in [6.07, 6.45) is -1.25. The van der Waals surface area contributed by atoms with Gasteiger partial charge in [0.05, 0.1) is 19.9 Å². The summed E-state index contributed by atoms with van der Waals surface area (Å²) in [5.74, 6) is -0.905. The molecule has 3 rings (SSSR count). The lowest BCUT2D eigenvalue weighted by molar-refractivity contribution is 0.102. The quantitative estimate of drug-likeness (QED) is 0.515. The van der Waals surface area contributed by atoms with Crippen molar-refractivity contribution in [2.75, 3.05) is 30.2 Å².